The van der Waals surface area contributed by atoms with Crippen LogP contribution in [0.25, 0.3) is 0 Å². The molecular formula is C14H21N5O. The van der Waals surface area contributed by atoms with Crippen LogP contribution in [0.4, 0.5) is 0 Å². The number of carbonyl (C=O) groups is 1. The number of piperazine rings is 1. The minimum Gasteiger partial charge on any atom is -0.335 e. The van der Waals surface area contributed by atoms with Crippen molar-refractivity contribution in [3.05, 3.63) is 18.0 Å². The van der Waals surface area contributed by atoms with Gasteiger partial charge in [0, 0.05) is 39.4 Å². The number of amides is 1. The van der Waals surface area contributed by atoms with E-state index in [9.17, 15) is 10.1 Å². The molecule has 1 fully saturated rings. The maximum absolute atomic E-state index is 12.3. The van der Waals surface area contributed by atoms with Crippen molar-refractivity contribution in [3.63, 3.8) is 0 Å². The molecule has 0 aromatic carbocycles. The summed E-state index contributed by atoms with van der Waals surface area (Å²) in [6.45, 7) is 4.97. The van der Waals surface area contributed by atoms with Crippen molar-refractivity contribution in [2.75, 3.05) is 26.2 Å². The summed E-state index contributed by atoms with van der Waals surface area (Å²) < 4.78 is 1.60. The minimum atomic E-state index is -0.0195. The smallest absolute Gasteiger partial charge is 0.272 e. The van der Waals surface area contributed by atoms with E-state index in [0.29, 0.717) is 18.8 Å². The second kappa shape index (κ2) is 6.53. The van der Waals surface area contributed by atoms with E-state index in [4.69, 9.17) is 0 Å². The Bertz CT molecular complexity index is 496. The number of rotatable bonds is 4. The van der Waals surface area contributed by atoms with Crippen molar-refractivity contribution >= 4 is 5.91 Å². The van der Waals surface area contributed by atoms with Gasteiger partial charge in [-0.25, -0.2) is 0 Å². The summed E-state index contributed by atoms with van der Waals surface area (Å²) in [6.07, 6.45) is 3.54. The summed E-state index contributed by atoms with van der Waals surface area (Å²) in [6, 6.07) is 4.08. The monoisotopic (exact) mass is 275 g/mol. The van der Waals surface area contributed by atoms with Gasteiger partial charge in [-0.2, -0.15) is 10.4 Å². The number of hydrogen-bond acceptors (Lipinski definition) is 4. The summed E-state index contributed by atoms with van der Waals surface area (Å²) >= 11 is 0. The minimum absolute atomic E-state index is 0.0195. The Kier molecular flexibility index (Phi) is 4.74. The highest BCUT2D eigenvalue weighted by molar-refractivity contribution is 5.92. The van der Waals surface area contributed by atoms with E-state index in [2.05, 4.69) is 23.0 Å². The molecule has 0 saturated carbocycles. The number of aromatic nitrogens is 2. The highest BCUT2D eigenvalue weighted by Crippen LogP contribution is 2.12. The lowest BCUT2D eigenvalue weighted by Gasteiger charge is -2.36. The average molecular weight is 275 g/mol. The highest BCUT2D eigenvalue weighted by Gasteiger charge is 2.27. The fraction of sp³-hybridized carbons (Fsp3) is 0.643. The van der Waals surface area contributed by atoms with Crippen LogP contribution in [0, 0.1) is 11.3 Å². The van der Waals surface area contributed by atoms with Crippen molar-refractivity contribution in [2.24, 2.45) is 7.05 Å². The van der Waals surface area contributed by atoms with Gasteiger partial charge in [-0.3, -0.25) is 14.4 Å². The predicted octanol–water partition coefficient (Wildman–Crippen LogP) is 0.870. The van der Waals surface area contributed by atoms with Gasteiger partial charge in [0.15, 0.2) is 0 Å². The van der Waals surface area contributed by atoms with Crippen LogP contribution in [0.2, 0.25) is 0 Å². The van der Waals surface area contributed by atoms with Crippen LogP contribution in [-0.2, 0) is 7.05 Å². The van der Waals surface area contributed by atoms with Crippen LogP contribution >= 0.6 is 0 Å². The van der Waals surface area contributed by atoms with Gasteiger partial charge in [-0.05, 0) is 12.5 Å². The zero-order chi connectivity index (χ0) is 14.5. The summed E-state index contributed by atoms with van der Waals surface area (Å²) in [4.78, 5) is 16.4. The van der Waals surface area contributed by atoms with Crippen LogP contribution in [-0.4, -0.2) is 57.7 Å². The third kappa shape index (κ3) is 2.99. The lowest BCUT2D eigenvalue weighted by Crippen LogP contribution is -2.51. The molecule has 1 atom stereocenters. The average Bonchev–Trinajstić information content (AvgIpc) is 2.90. The maximum atomic E-state index is 12.3. The van der Waals surface area contributed by atoms with Crippen molar-refractivity contribution in [2.45, 2.75) is 25.8 Å². The Labute approximate surface area is 119 Å². The molecule has 1 amide bonds. The Morgan fingerprint density at radius 2 is 2.15 bits per heavy atom. The third-order valence-electron chi connectivity index (χ3n) is 3.79. The van der Waals surface area contributed by atoms with Crippen molar-refractivity contribution in [3.8, 4) is 6.07 Å². The van der Waals surface area contributed by atoms with Crippen LogP contribution in [0.5, 0.6) is 0 Å². The van der Waals surface area contributed by atoms with Gasteiger partial charge < -0.3 is 4.90 Å². The number of aryl methyl sites for hydroxylation is 1. The SMILES string of the molecule is CCCC(C#N)N1CCN(C(=O)c2ccnn2C)CC1. The number of nitriles is 1. The summed E-state index contributed by atoms with van der Waals surface area (Å²) in [7, 11) is 1.77. The second-order valence-corrected chi connectivity index (χ2v) is 5.10. The van der Waals surface area contributed by atoms with Crippen molar-refractivity contribution < 1.29 is 4.79 Å². The van der Waals surface area contributed by atoms with Gasteiger partial charge in [0.25, 0.3) is 5.91 Å². The lowest BCUT2D eigenvalue weighted by molar-refractivity contribution is 0.0591. The summed E-state index contributed by atoms with van der Waals surface area (Å²) in [5.41, 5.74) is 0.615. The van der Waals surface area contributed by atoms with Gasteiger partial charge in [0.2, 0.25) is 0 Å². The second-order valence-electron chi connectivity index (χ2n) is 5.10. The molecule has 0 spiro atoms. The van der Waals surface area contributed by atoms with Crippen molar-refractivity contribution in [1.82, 2.24) is 19.6 Å². The topological polar surface area (TPSA) is 65.2 Å². The number of nitrogens with zero attached hydrogens (tertiary/aromatic N) is 5. The normalized spacial score (nSPS) is 17.8. The van der Waals surface area contributed by atoms with Crippen LogP contribution in [0.3, 0.4) is 0 Å². The molecule has 1 unspecified atom stereocenters. The molecule has 0 N–H and O–H groups in total. The number of carbonyl (C=O) groups excluding carboxylic acids is 1. The number of hydrogen-bond donors (Lipinski definition) is 0. The Morgan fingerprint density at radius 3 is 2.65 bits per heavy atom. The Hall–Kier alpha value is -1.87. The molecule has 108 valence electrons. The van der Waals surface area contributed by atoms with Crippen molar-refractivity contribution in [1.29, 1.82) is 5.26 Å². The van der Waals surface area contributed by atoms with Crippen LogP contribution in [0.1, 0.15) is 30.3 Å². The molecule has 0 aliphatic carbocycles. The first kappa shape index (κ1) is 14.5. The van der Waals surface area contributed by atoms with Gasteiger partial charge in [0.1, 0.15) is 5.69 Å². The Balaban J connectivity index is 1.93. The fourth-order valence-corrected chi connectivity index (χ4v) is 2.58. The lowest BCUT2D eigenvalue weighted by atomic mass is 10.1. The predicted molar refractivity (Wildman–Crippen MR) is 75.0 cm³/mol. The first-order chi connectivity index (χ1) is 9.67. The van der Waals surface area contributed by atoms with E-state index < -0.39 is 0 Å². The largest absolute Gasteiger partial charge is 0.335 e. The molecule has 1 aliphatic heterocycles. The molecule has 2 rings (SSSR count). The maximum Gasteiger partial charge on any atom is 0.272 e. The molecule has 1 aromatic rings. The summed E-state index contributed by atoms with van der Waals surface area (Å²) in [5.74, 6) is 0.0219. The van der Waals surface area contributed by atoms with E-state index in [-0.39, 0.29) is 11.9 Å². The zero-order valence-electron chi connectivity index (χ0n) is 12.1. The molecule has 2 heterocycles. The molecule has 1 aromatic heterocycles. The first-order valence-electron chi connectivity index (χ1n) is 7.08. The van der Waals surface area contributed by atoms with Gasteiger partial charge >= 0.3 is 0 Å². The van der Waals surface area contributed by atoms with E-state index in [0.717, 1.165) is 25.9 Å². The van der Waals surface area contributed by atoms with Gasteiger partial charge in [-0.1, -0.05) is 13.3 Å². The molecule has 6 nitrogen and oxygen atoms in total. The molecule has 1 saturated heterocycles. The van der Waals surface area contributed by atoms with E-state index >= 15 is 0 Å². The van der Waals surface area contributed by atoms with Crippen LogP contribution in [0.15, 0.2) is 12.3 Å². The van der Waals surface area contributed by atoms with E-state index in [1.54, 1.807) is 24.0 Å². The third-order valence-corrected chi connectivity index (χ3v) is 3.79. The van der Waals surface area contributed by atoms with E-state index in [1.807, 2.05) is 4.90 Å². The molecule has 0 radical (unpaired) electrons. The first-order valence-corrected chi connectivity index (χ1v) is 7.08. The highest BCUT2D eigenvalue weighted by atomic mass is 16.2. The van der Waals surface area contributed by atoms with Gasteiger partial charge in [0.05, 0.1) is 12.1 Å². The molecule has 6 heteroatoms. The van der Waals surface area contributed by atoms with Crippen LogP contribution < -0.4 is 0 Å². The standard InChI is InChI=1S/C14H21N5O/c1-3-4-12(11-15)18-7-9-19(10-8-18)14(20)13-5-6-16-17(13)2/h5-6,12H,3-4,7-10H2,1-2H3. The summed E-state index contributed by atoms with van der Waals surface area (Å²) in [5, 5.41) is 13.2. The molecule has 0 bridgehead atoms. The molecule has 1 aliphatic rings. The van der Waals surface area contributed by atoms with Gasteiger partial charge in [-0.15, -0.1) is 0 Å². The van der Waals surface area contributed by atoms with E-state index in [1.165, 1.54) is 0 Å². The zero-order valence-corrected chi connectivity index (χ0v) is 12.1. The molecular weight excluding hydrogens is 254 g/mol. The fourth-order valence-electron chi connectivity index (χ4n) is 2.58. The quantitative estimate of drug-likeness (QED) is 0.818. The molecule has 20 heavy (non-hydrogen) atoms. The Morgan fingerprint density at radius 1 is 1.45 bits per heavy atom.